The number of benzene rings is 2. The van der Waals surface area contributed by atoms with Gasteiger partial charge in [0.15, 0.2) is 0 Å². The molecule has 0 unspecified atom stereocenters. The van der Waals surface area contributed by atoms with Crippen LogP contribution < -0.4 is 4.74 Å². The van der Waals surface area contributed by atoms with Crippen molar-refractivity contribution in [2.24, 2.45) is 0 Å². The number of hydrogen-bond acceptors (Lipinski definition) is 7. The molecule has 1 N–H and O–H groups in total. The van der Waals surface area contributed by atoms with Crippen molar-refractivity contribution >= 4 is 23.4 Å². The molecule has 8 nitrogen and oxygen atoms in total. The second-order valence-electron chi connectivity index (χ2n) is 9.22. The Bertz CT molecular complexity index is 1180. The lowest BCUT2D eigenvalue weighted by molar-refractivity contribution is -0.139. The van der Waals surface area contributed by atoms with Crippen molar-refractivity contribution in [1.82, 2.24) is 9.80 Å². The molecule has 184 valence electrons. The van der Waals surface area contributed by atoms with Crippen molar-refractivity contribution in [1.29, 1.82) is 0 Å². The zero-order chi connectivity index (χ0) is 25.3. The number of hydrogen-bond donors (Lipinski definition) is 1. The van der Waals surface area contributed by atoms with Crippen LogP contribution in [0.3, 0.4) is 0 Å². The zero-order valence-electron chi connectivity index (χ0n) is 20.4. The van der Waals surface area contributed by atoms with Gasteiger partial charge in [-0.1, -0.05) is 12.1 Å². The summed E-state index contributed by atoms with van der Waals surface area (Å²) < 4.78 is 10.5. The van der Waals surface area contributed by atoms with E-state index in [4.69, 9.17) is 9.47 Å². The van der Waals surface area contributed by atoms with Gasteiger partial charge in [0, 0.05) is 18.5 Å². The molecule has 0 radical (unpaired) electrons. The molecule has 2 heterocycles. The summed E-state index contributed by atoms with van der Waals surface area (Å²) in [7, 11) is 5.18. The predicted octanol–water partition coefficient (Wildman–Crippen LogP) is 3.17. The molecule has 35 heavy (non-hydrogen) atoms. The summed E-state index contributed by atoms with van der Waals surface area (Å²) in [6.45, 7) is 3.05. The van der Waals surface area contributed by atoms with Gasteiger partial charge in [-0.15, -0.1) is 0 Å². The van der Waals surface area contributed by atoms with Gasteiger partial charge in [-0.2, -0.15) is 0 Å². The van der Waals surface area contributed by atoms with Crippen LogP contribution in [0.25, 0.3) is 5.76 Å². The molecule has 2 aromatic carbocycles. The number of esters is 1. The molecule has 0 aromatic heterocycles. The summed E-state index contributed by atoms with van der Waals surface area (Å²) in [5.74, 6) is -1.31. The number of ether oxygens (including phenoxy) is 2. The molecular weight excluding hydrogens is 448 g/mol. The maximum absolute atomic E-state index is 13.2. The van der Waals surface area contributed by atoms with Gasteiger partial charge in [-0.05, 0) is 75.4 Å². The average Bonchev–Trinajstić information content (AvgIpc) is 3.34. The number of fused-ring (bicyclic) bond motifs is 1. The maximum Gasteiger partial charge on any atom is 0.337 e. The first-order chi connectivity index (χ1) is 16.7. The van der Waals surface area contributed by atoms with E-state index in [9.17, 15) is 19.5 Å². The summed E-state index contributed by atoms with van der Waals surface area (Å²) in [6, 6.07) is 11.1. The van der Waals surface area contributed by atoms with Crippen molar-refractivity contribution in [3.05, 3.63) is 70.3 Å². The van der Waals surface area contributed by atoms with Crippen molar-refractivity contribution in [2.75, 3.05) is 34.3 Å². The third-order valence-corrected chi connectivity index (χ3v) is 6.36. The summed E-state index contributed by atoms with van der Waals surface area (Å²) >= 11 is 0. The lowest BCUT2D eigenvalue weighted by Crippen LogP contribution is -2.32. The normalized spacial score (nSPS) is 20.8. The minimum absolute atomic E-state index is 0.0394. The van der Waals surface area contributed by atoms with Crippen molar-refractivity contribution < 1.29 is 29.0 Å². The molecule has 2 aliphatic rings. The number of carbonyl (C=O) groups is 3. The van der Waals surface area contributed by atoms with E-state index in [1.807, 2.05) is 32.0 Å². The largest absolute Gasteiger partial charge is 0.507 e. The molecule has 0 aliphatic carbocycles. The number of methoxy groups -OCH3 is 1. The quantitative estimate of drug-likeness (QED) is 0.283. The fraction of sp³-hybridized carbons (Fsp3) is 0.370. The molecule has 1 fully saturated rings. The average molecular weight is 479 g/mol. The molecule has 1 saturated heterocycles. The van der Waals surface area contributed by atoms with Crippen molar-refractivity contribution in [3.8, 4) is 5.75 Å². The van der Waals surface area contributed by atoms with Gasteiger partial charge in [0.05, 0.1) is 24.3 Å². The van der Waals surface area contributed by atoms with E-state index in [1.165, 1.54) is 12.0 Å². The number of nitrogens with zero attached hydrogens (tertiary/aromatic N) is 2. The fourth-order valence-electron chi connectivity index (χ4n) is 4.66. The zero-order valence-corrected chi connectivity index (χ0v) is 20.4. The van der Waals surface area contributed by atoms with Crippen LogP contribution in [-0.4, -0.2) is 73.0 Å². The van der Waals surface area contributed by atoms with Crippen LogP contribution in [0.15, 0.2) is 48.0 Å². The van der Waals surface area contributed by atoms with Crippen LogP contribution in [0.4, 0.5) is 0 Å². The number of aliphatic hydroxyl groups is 1. The summed E-state index contributed by atoms with van der Waals surface area (Å²) in [4.78, 5) is 41.7. The molecule has 8 heteroatoms. The van der Waals surface area contributed by atoms with Gasteiger partial charge >= 0.3 is 5.97 Å². The smallest absolute Gasteiger partial charge is 0.337 e. The highest BCUT2D eigenvalue weighted by Crippen LogP contribution is 2.40. The summed E-state index contributed by atoms with van der Waals surface area (Å²) in [5, 5.41) is 11.3. The van der Waals surface area contributed by atoms with Crippen LogP contribution in [-0.2, 0) is 20.7 Å². The van der Waals surface area contributed by atoms with E-state index >= 15 is 0 Å². The number of amides is 1. The Morgan fingerprint density at radius 3 is 2.49 bits per heavy atom. The lowest BCUT2D eigenvalue weighted by Gasteiger charge is -2.26. The Morgan fingerprint density at radius 1 is 1.14 bits per heavy atom. The molecule has 1 amide bonds. The van der Waals surface area contributed by atoms with E-state index in [0.717, 1.165) is 17.9 Å². The number of Topliss-reactive ketones (excluding diaryl/α,β-unsaturated/α-hetero) is 1. The Hall–Kier alpha value is -3.65. The van der Waals surface area contributed by atoms with Crippen molar-refractivity contribution in [2.45, 2.75) is 31.9 Å². The van der Waals surface area contributed by atoms with Gasteiger partial charge in [0.2, 0.25) is 0 Å². The molecule has 2 aliphatic heterocycles. The number of aliphatic hydroxyl groups excluding tert-OH is 1. The second-order valence-corrected chi connectivity index (χ2v) is 9.22. The van der Waals surface area contributed by atoms with Gasteiger partial charge in [0.25, 0.3) is 11.7 Å². The summed E-state index contributed by atoms with van der Waals surface area (Å²) in [5.41, 5.74) is 2.43. The van der Waals surface area contributed by atoms with Crippen LogP contribution in [0.2, 0.25) is 0 Å². The van der Waals surface area contributed by atoms with Crippen LogP contribution in [0.1, 0.15) is 46.4 Å². The third kappa shape index (κ3) is 4.79. The standard InChI is InChI=1S/C27H30N2O6/c1-16-14-20-15-19(10-11-21(20)35-16)24(30)22-23(17-6-8-18(9-7-17)27(33)34-4)29(26(32)25(22)31)13-5-12-28(2)3/h6-11,15-16,23,30H,5,12-14H2,1-4H3/t16-,23-/m1/s1. The van der Waals surface area contributed by atoms with E-state index < -0.39 is 23.7 Å². The molecular formula is C27H30N2O6. The molecule has 4 rings (SSSR count). The number of rotatable bonds is 7. The second kappa shape index (κ2) is 9.92. The Morgan fingerprint density at radius 2 is 1.83 bits per heavy atom. The van der Waals surface area contributed by atoms with E-state index in [0.29, 0.717) is 36.1 Å². The molecule has 2 atom stereocenters. The highest BCUT2D eigenvalue weighted by Gasteiger charge is 2.46. The number of carbonyl (C=O) groups excluding carboxylic acids is 3. The first-order valence-corrected chi connectivity index (χ1v) is 11.6. The SMILES string of the molecule is COC(=O)c1ccc([C@@H]2C(=C(O)c3ccc4c(c3)C[C@@H](C)O4)C(=O)C(=O)N2CCCN(C)C)cc1. The van der Waals surface area contributed by atoms with E-state index in [2.05, 4.69) is 0 Å². The van der Waals surface area contributed by atoms with E-state index in [-0.39, 0.29) is 17.4 Å². The first-order valence-electron chi connectivity index (χ1n) is 11.6. The lowest BCUT2D eigenvalue weighted by atomic mass is 9.94. The molecule has 2 aromatic rings. The molecule has 0 spiro atoms. The van der Waals surface area contributed by atoms with Crippen LogP contribution in [0.5, 0.6) is 5.75 Å². The van der Waals surface area contributed by atoms with Gasteiger partial charge in [-0.25, -0.2) is 4.79 Å². The van der Waals surface area contributed by atoms with Gasteiger partial charge in [0.1, 0.15) is 17.6 Å². The first kappa shape index (κ1) is 24.5. The Kier molecular flexibility index (Phi) is 6.93. The summed E-state index contributed by atoms with van der Waals surface area (Å²) in [6.07, 6.45) is 1.40. The topological polar surface area (TPSA) is 96.4 Å². The number of ketones is 1. The van der Waals surface area contributed by atoms with Crippen molar-refractivity contribution in [3.63, 3.8) is 0 Å². The predicted molar refractivity (Wildman–Crippen MR) is 130 cm³/mol. The van der Waals surface area contributed by atoms with Crippen LogP contribution in [0, 0.1) is 0 Å². The Balaban J connectivity index is 1.77. The molecule has 0 saturated carbocycles. The monoisotopic (exact) mass is 478 g/mol. The van der Waals surface area contributed by atoms with E-state index in [1.54, 1.807) is 36.4 Å². The number of likely N-dealkylation sites (tertiary alicyclic amines) is 1. The minimum atomic E-state index is -0.771. The maximum atomic E-state index is 13.2. The van der Waals surface area contributed by atoms with Gasteiger partial charge < -0.3 is 24.4 Å². The third-order valence-electron chi connectivity index (χ3n) is 6.36. The minimum Gasteiger partial charge on any atom is -0.507 e. The molecule has 0 bridgehead atoms. The highest BCUT2D eigenvalue weighted by atomic mass is 16.5. The fourth-order valence-corrected chi connectivity index (χ4v) is 4.66. The van der Waals surface area contributed by atoms with Crippen LogP contribution >= 0.6 is 0 Å². The van der Waals surface area contributed by atoms with Gasteiger partial charge in [-0.3, -0.25) is 9.59 Å². The Labute approximate surface area is 204 Å². The highest BCUT2D eigenvalue weighted by molar-refractivity contribution is 6.46.